The maximum atomic E-state index is 11.1. The fourth-order valence-electron chi connectivity index (χ4n) is 1.93. The molecule has 1 fully saturated rings. The van der Waals surface area contributed by atoms with Crippen LogP contribution in [0.15, 0.2) is 0 Å². The summed E-state index contributed by atoms with van der Waals surface area (Å²) < 4.78 is 5.33. The first-order valence-electron chi connectivity index (χ1n) is 5.80. The molecule has 5 nitrogen and oxygen atoms in total. The van der Waals surface area contributed by atoms with Crippen LogP contribution in [0.3, 0.4) is 0 Å². The predicted octanol–water partition coefficient (Wildman–Crippen LogP) is 0.0174. The Kier molecular flexibility index (Phi) is 5.73. The number of carboxylic acid groups (broad SMARTS) is 1. The summed E-state index contributed by atoms with van der Waals surface area (Å²) in [6.45, 7) is 2.87. The Morgan fingerprint density at radius 3 is 2.88 bits per heavy atom. The van der Waals surface area contributed by atoms with Gasteiger partial charge in [-0.05, 0) is 26.9 Å². The van der Waals surface area contributed by atoms with Crippen molar-refractivity contribution in [2.75, 3.05) is 40.4 Å². The summed E-state index contributed by atoms with van der Waals surface area (Å²) in [5.74, 6) is -0.664. The van der Waals surface area contributed by atoms with Gasteiger partial charge in [-0.3, -0.25) is 4.79 Å². The third-order valence-electron chi connectivity index (χ3n) is 2.86. The number of aliphatic carboxylic acids is 1. The van der Waals surface area contributed by atoms with E-state index in [0.29, 0.717) is 13.2 Å². The fraction of sp³-hybridized carbons (Fsp3) is 0.909. The van der Waals surface area contributed by atoms with E-state index in [-0.39, 0.29) is 5.92 Å². The lowest BCUT2D eigenvalue weighted by Gasteiger charge is -2.28. The van der Waals surface area contributed by atoms with Crippen LogP contribution in [0.2, 0.25) is 0 Å². The highest BCUT2D eigenvalue weighted by atomic mass is 16.5. The molecular formula is C11H22N2O3. The lowest BCUT2D eigenvalue weighted by atomic mass is 9.94. The number of hydrogen-bond donors (Lipinski definition) is 2. The molecule has 0 aromatic rings. The average Bonchev–Trinajstić information content (AvgIpc) is 2.25. The maximum absolute atomic E-state index is 11.1. The molecule has 0 bridgehead atoms. The third kappa shape index (κ3) is 4.47. The number of nitrogens with one attached hydrogen (secondary N) is 1. The second kappa shape index (κ2) is 6.83. The molecule has 0 saturated carbocycles. The van der Waals surface area contributed by atoms with E-state index in [1.165, 1.54) is 0 Å². The molecule has 94 valence electrons. The predicted molar refractivity (Wildman–Crippen MR) is 61.5 cm³/mol. The van der Waals surface area contributed by atoms with Gasteiger partial charge in [-0.2, -0.15) is 0 Å². The second-order valence-corrected chi connectivity index (χ2v) is 4.55. The lowest BCUT2D eigenvalue weighted by Crippen LogP contribution is -2.47. The fourth-order valence-corrected chi connectivity index (χ4v) is 1.93. The Morgan fingerprint density at radius 2 is 2.38 bits per heavy atom. The highest BCUT2D eigenvalue weighted by molar-refractivity contribution is 5.73. The first-order valence-corrected chi connectivity index (χ1v) is 5.80. The van der Waals surface area contributed by atoms with Gasteiger partial charge in [0.05, 0.1) is 6.61 Å². The van der Waals surface area contributed by atoms with Crippen LogP contribution in [-0.4, -0.2) is 62.4 Å². The molecule has 1 aliphatic rings. The molecule has 2 unspecified atom stereocenters. The van der Waals surface area contributed by atoms with Crippen LogP contribution in [0.25, 0.3) is 0 Å². The summed E-state index contributed by atoms with van der Waals surface area (Å²) >= 11 is 0. The Bertz CT molecular complexity index is 215. The van der Waals surface area contributed by atoms with Crippen molar-refractivity contribution < 1.29 is 14.6 Å². The Morgan fingerprint density at radius 1 is 1.62 bits per heavy atom. The molecule has 0 aromatic heterocycles. The number of carboxylic acids is 1. The van der Waals surface area contributed by atoms with Crippen LogP contribution in [-0.2, 0) is 9.53 Å². The van der Waals surface area contributed by atoms with E-state index in [9.17, 15) is 4.79 Å². The summed E-state index contributed by atoms with van der Waals surface area (Å²) in [7, 11) is 3.95. The van der Waals surface area contributed by atoms with Crippen molar-refractivity contribution in [3.05, 3.63) is 0 Å². The molecule has 0 radical (unpaired) electrons. The molecule has 0 aromatic carbocycles. The van der Waals surface area contributed by atoms with Gasteiger partial charge in [0, 0.05) is 25.6 Å². The van der Waals surface area contributed by atoms with E-state index in [1.807, 2.05) is 19.0 Å². The molecule has 0 aliphatic carbocycles. The van der Waals surface area contributed by atoms with Crippen LogP contribution in [0.5, 0.6) is 0 Å². The first kappa shape index (κ1) is 13.4. The molecule has 1 saturated heterocycles. The van der Waals surface area contributed by atoms with E-state index in [1.54, 1.807) is 0 Å². The molecule has 5 heteroatoms. The molecular weight excluding hydrogens is 208 g/mol. The number of carbonyl (C=O) groups is 1. The second-order valence-electron chi connectivity index (χ2n) is 4.55. The van der Waals surface area contributed by atoms with Crippen molar-refractivity contribution in [1.29, 1.82) is 0 Å². The van der Waals surface area contributed by atoms with Gasteiger partial charge < -0.3 is 20.1 Å². The van der Waals surface area contributed by atoms with E-state index in [2.05, 4.69) is 5.32 Å². The van der Waals surface area contributed by atoms with Gasteiger partial charge in [0.25, 0.3) is 0 Å². The van der Waals surface area contributed by atoms with Gasteiger partial charge in [0.15, 0.2) is 0 Å². The number of likely N-dealkylation sites (N-methyl/N-ethyl adjacent to an activating group) is 1. The smallest absolute Gasteiger partial charge is 0.321 e. The van der Waals surface area contributed by atoms with E-state index in [4.69, 9.17) is 9.84 Å². The largest absolute Gasteiger partial charge is 0.480 e. The Hall–Kier alpha value is -0.650. The number of nitrogens with zero attached hydrogens (tertiary/aromatic N) is 1. The summed E-state index contributed by atoms with van der Waals surface area (Å²) in [4.78, 5) is 13.2. The van der Waals surface area contributed by atoms with Gasteiger partial charge in [-0.1, -0.05) is 0 Å². The maximum Gasteiger partial charge on any atom is 0.321 e. The van der Waals surface area contributed by atoms with E-state index < -0.39 is 12.0 Å². The van der Waals surface area contributed by atoms with Crippen LogP contribution < -0.4 is 5.32 Å². The molecule has 1 aliphatic heterocycles. The van der Waals surface area contributed by atoms with Crippen molar-refractivity contribution in [1.82, 2.24) is 10.2 Å². The van der Waals surface area contributed by atoms with Crippen molar-refractivity contribution in [2.45, 2.75) is 18.9 Å². The topological polar surface area (TPSA) is 61.8 Å². The summed E-state index contributed by atoms with van der Waals surface area (Å²) in [6, 6.07) is -0.472. The molecule has 2 N–H and O–H groups in total. The number of ether oxygens (including phenoxy) is 1. The van der Waals surface area contributed by atoms with Gasteiger partial charge >= 0.3 is 5.97 Å². The molecule has 1 rings (SSSR count). The SMILES string of the molecule is CN(C)CCNC(C(=O)O)C1CCCOC1. The minimum atomic E-state index is -0.769. The van der Waals surface area contributed by atoms with Gasteiger partial charge in [0.2, 0.25) is 0 Å². The average molecular weight is 230 g/mol. The monoisotopic (exact) mass is 230 g/mol. The summed E-state index contributed by atoms with van der Waals surface area (Å²) in [6.07, 6.45) is 1.90. The van der Waals surface area contributed by atoms with Crippen molar-refractivity contribution in [3.8, 4) is 0 Å². The third-order valence-corrected chi connectivity index (χ3v) is 2.86. The van der Waals surface area contributed by atoms with Crippen molar-refractivity contribution in [3.63, 3.8) is 0 Å². The zero-order chi connectivity index (χ0) is 12.0. The highest BCUT2D eigenvalue weighted by Crippen LogP contribution is 2.17. The van der Waals surface area contributed by atoms with Crippen LogP contribution in [0.1, 0.15) is 12.8 Å². The highest BCUT2D eigenvalue weighted by Gasteiger charge is 2.29. The van der Waals surface area contributed by atoms with E-state index in [0.717, 1.165) is 26.0 Å². The normalized spacial score (nSPS) is 23.3. The Labute approximate surface area is 96.8 Å². The van der Waals surface area contributed by atoms with Crippen LogP contribution >= 0.6 is 0 Å². The van der Waals surface area contributed by atoms with Gasteiger partial charge in [0.1, 0.15) is 6.04 Å². The van der Waals surface area contributed by atoms with Crippen LogP contribution in [0, 0.1) is 5.92 Å². The summed E-state index contributed by atoms with van der Waals surface area (Å²) in [5.41, 5.74) is 0. The minimum absolute atomic E-state index is 0.105. The number of rotatable bonds is 6. The summed E-state index contributed by atoms with van der Waals surface area (Å²) in [5, 5.41) is 12.3. The van der Waals surface area contributed by atoms with Crippen LogP contribution in [0.4, 0.5) is 0 Å². The Balaban J connectivity index is 2.37. The molecule has 0 spiro atoms. The van der Waals surface area contributed by atoms with Gasteiger partial charge in [-0.25, -0.2) is 0 Å². The zero-order valence-electron chi connectivity index (χ0n) is 10.1. The lowest BCUT2D eigenvalue weighted by molar-refractivity contribution is -0.142. The minimum Gasteiger partial charge on any atom is -0.480 e. The molecule has 1 heterocycles. The van der Waals surface area contributed by atoms with E-state index >= 15 is 0 Å². The quantitative estimate of drug-likeness (QED) is 0.673. The molecule has 16 heavy (non-hydrogen) atoms. The molecule has 0 amide bonds. The van der Waals surface area contributed by atoms with Gasteiger partial charge in [-0.15, -0.1) is 0 Å². The first-order chi connectivity index (χ1) is 7.61. The molecule has 2 atom stereocenters. The van der Waals surface area contributed by atoms with Crippen molar-refractivity contribution in [2.24, 2.45) is 5.92 Å². The van der Waals surface area contributed by atoms with Crippen molar-refractivity contribution >= 4 is 5.97 Å². The zero-order valence-corrected chi connectivity index (χ0v) is 10.1. The standard InChI is InChI=1S/C11H22N2O3/c1-13(2)6-5-12-10(11(14)15)9-4-3-7-16-8-9/h9-10,12H,3-8H2,1-2H3,(H,14,15). The number of hydrogen-bond acceptors (Lipinski definition) is 4.